The Bertz CT molecular complexity index is 1350. The van der Waals surface area contributed by atoms with Crippen LogP contribution in [0.1, 0.15) is 76.6 Å². The highest BCUT2D eigenvalue weighted by Crippen LogP contribution is 2.50. The molecular formula is C24H28N6O3S2. The molecule has 1 saturated carbocycles. The molecule has 9 nitrogen and oxygen atoms in total. The second kappa shape index (κ2) is 9.29. The van der Waals surface area contributed by atoms with Crippen LogP contribution in [0.25, 0.3) is 10.7 Å². The van der Waals surface area contributed by atoms with E-state index in [1.54, 1.807) is 16.0 Å². The molecule has 2 amide bonds. The number of hydrogen-bond acceptors (Lipinski definition) is 8. The Morgan fingerprint density at radius 2 is 2.09 bits per heavy atom. The lowest BCUT2D eigenvalue weighted by atomic mass is 9.98. The first-order valence-electron chi connectivity index (χ1n) is 11.8. The standard InChI is InChI=1S/C24H28N6O3S2/c1-3-8-26-21(32)15-11-35-23(28-15)16-12-34-18(27-16)10-30-17(5-4-13(2)25)20-14(9-19(30)31)24(6-7-24)29-22(20)33/h9,11-13H,3-8,10,25H2,1-2H3,(H,26,32)(H,29,33)/t13-/m0/s1. The predicted molar refractivity (Wildman–Crippen MR) is 136 cm³/mol. The van der Waals surface area contributed by atoms with Crippen molar-refractivity contribution >= 4 is 34.5 Å². The van der Waals surface area contributed by atoms with Crippen molar-refractivity contribution in [3.8, 4) is 10.7 Å². The smallest absolute Gasteiger partial charge is 0.270 e. The highest BCUT2D eigenvalue weighted by molar-refractivity contribution is 7.14. The number of nitrogens with zero attached hydrogens (tertiary/aromatic N) is 3. The number of hydrogen-bond donors (Lipinski definition) is 3. The number of pyridine rings is 1. The van der Waals surface area contributed by atoms with Gasteiger partial charge in [0, 0.05) is 35.1 Å². The van der Waals surface area contributed by atoms with Crippen LogP contribution >= 0.6 is 22.7 Å². The number of amides is 2. The number of fused-ring (bicyclic) bond motifs is 2. The molecule has 1 atom stereocenters. The van der Waals surface area contributed by atoms with Gasteiger partial charge in [0.2, 0.25) is 0 Å². The lowest BCUT2D eigenvalue weighted by Crippen LogP contribution is -2.28. The topological polar surface area (TPSA) is 132 Å². The quantitative estimate of drug-likeness (QED) is 0.404. The number of carbonyl (C=O) groups excluding carboxylic acids is 2. The Morgan fingerprint density at radius 1 is 1.29 bits per heavy atom. The minimum absolute atomic E-state index is 0.0474. The van der Waals surface area contributed by atoms with Crippen LogP contribution in [-0.2, 0) is 18.5 Å². The van der Waals surface area contributed by atoms with Gasteiger partial charge >= 0.3 is 0 Å². The fourth-order valence-corrected chi connectivity index (χ4v) is 6.03. The van der Waals surface area contributed by atoms with Gasteiger partial charge in [0.05, 0.1) is 17.6 Å². The number of nitrogens with two attached hydrogens (primary N) is 1. The molecule has 0 radical (unpaired) electrons. The molecule has 35 heavy (non-hydrogen) atoms. The average Bonchev–Trinajstić information content (AvgIpc) is 3.15. The van der Waals surface area contributed by atoms with E-state index in [1.165, 1.54) is 22.7 Å². The molecule has 184 valence electrons. The van der Waals surface area contributed by atoms with Gasteiger partial charge in [-0.1, -0.05) is 6.92 Å². The van der Waals surface area contributed by atoms with Gasteiger partial charge in [-0.15, -0.1) is 22.7 Å². The van der Waals surface area contributed by atoms with Gasteiger partial charge in [-0.3, -0.25) is 14.4 Å². The minimum Gasteiger partial charge on any atom is -0.351 e. The number of nitrogens with one attached hydrogen (secondary N) is 2. The van der Waals surface area contributed by atoms with Gasteiger partial charge in [-0.25, -0.2) is 9.97 Å². The summed E-state index contributed by atoms with van der Waals surface area (Å²) in [4.78, 5) is 47.4. The minimum atomic E-state index is -0.353. The predicted octanol–water partition coefficient (Wildman–Crippen LogP) is 2.63. The summed E-state index contributed by atoms with van der Waals surface area (Å²) in [6.45, 7) is 4.79. The Hall–Kier alpha value is -2.89. The van der Waals surface area contributed by atoms with E-state index in [0.29, 0.717) is 41.3 Å². The zero-order valence-electron chi connectivity index (χ0n) is 19.7. The van der Waals surface area contributed by atoms with Gasteiger partial charge in [0.25, 0.3) is 17.4 Å². The highest BCUT2D eigenvalue weighted by atomic mass is 32.1. The summed E-state index contributed by atoms with van der Waals surface area (Å²) in [6, 6.07) is 1.57. The second-order valence-electron chi connectivity index (χ2n) is 9.28. The Labute approximate surface area is 210 Å². The average molecular weight is 513 g/mol. The van der Waals surface area contributed by atoms with Crippen molar-refractivity contribution in [2.45, 2.75) is 64.1 Å². The SMILES string of the molecule is CCCNC(=O)c1csc(-c2csc(Cn3c(CC[C@H](C)N)c4c(cc3=O)C3(CC3)NC4=O)n2)n1. The van der Waals surface area contributed by atoms with Crippen molar-refractivity contribution in [2.24, 2.45) is 5.73 Å². The molecule has 0 bridgehead atoms. The van der Waals surface area contributed by atoms with Crippen LogP contribution in [0, 0.1) is 0 Å². The summed E-state index contributed by atoms with van der Waals surface area (Å²) in [6.07, 6.45) is 3.80. The maximum Gasteiger partial charge on any atom is 0.270 e. The maximum absolute atomic E-state index is 13.2. The summed E-state index contributed by atoms with van der Waals surface area (Å²) in [5.41, 5.74) is 8.76. The largest absolute Gasteiger partial charge is 0.351 e. The first-order valence-corrected chi connectivity index (χ1v) is 13.6. The zero-order valence-corrected chi connectivity index (χ0v) is 21.4. The van der Waals surface area contributed by atoms with Crippen LogP contribution in [0.4, 0.5) is 0 Å². The van der Waals surface area contributed by atoms with Crippen molar-refractivity contribution in [1.82, 2.24) is 25.2 Å². The van der Waals surface area contributed by atoms with E-state index in [1.807, 2.05) is 19.2 Å². The lowest BCUT2D eigenvalue weighted by Gasteiger charge is -2.17. The second-order valence-corrected chi connectivity index (χ2v) is 11.1. The van der Waals surface area contributed by atoms with Crippen molar-refractivity contribution in [3.05, 3.63) is 54.7 Å². The molecule has 1 aliphatic heterocycles. The number of rotatable bonds is 9. The van der Waals surface area contributed by atoms with Crippen LogP contribution < -0.4 is 21.9 Å². The third-order valence-electron chi connectivity index (χ3n) is 6.44. The number of thiazole rings is 2. The summed E-state index contributed by atoms with van der Waals surface area (Å²) < 4.78 is 1.66. The summed E-state index contributed by atoms with van der Waals surface area (Å²) in [5.74, 6) is -0.303. The summed E-state index contributed by atoms with van der Waals surface area (Å²) in [5, 5.41) is 10.9. The fraction of sp³-hybridized carbons (Fsp3) is 0.458. The van der Waals surface area contributed by atoms with Gasteiger partial charge in [0.1, 0.15) is 21.4 Å². The molecule has 1 aliphatic carbocycles. The van der Waals surface area contributed by atoms with E-state index < -0.39 is 0 Å². The van der Waals surface area contributed by atoms with Crippen molar-refractivity contribution in [2.75, 3.05) is 6.54 Å². The molecule has 4 N–H and O–H groups in total. The maximum atomic E-state index is 13.2. The van der Waals surface area contributed by atoms with Crippen LogP contribution in [-0.4, -0.2) is 38.9 Å². The first kappa shape index (κ1) is 23.8. The molecular weight excluding hydrogens is 484 g/mol. The molecule has 11 heteroatoms. The van der Waals surface area contributed by atoms with E-state index in [0.717, 1.165) is 35.5 Å². The van der Waals surface area contributed by atoms with Crippen molar-refractivity contribution in [1.29, 1.82) is 0 Å². The van der Waals surface area contributed by atoms with E-state index in [2.05, 4.69) is 15.6 Å². The zero-order chi connectivity index (χ0) is 24.7. The molecule has 1 spiro atoms. The molecule has 3 aromatic rings. The van der Waals surface area contributed by atoms with Gasteiger partial charge < -0.3 is 20.9 Å². The lowest BCUT2D eigenvalue weighted by molar-refractivity contribution is 0.0942. The molecule has 3 aromatic heterocycles. The first-order chi connectivity index (χ1) is 16.8. The van der Waals surface area contributed by atoms with Gasteiger partial charge in [0.15, 0.2) is 0 Å². The molecule has 0 saturated heterocycles. The summed E-state index contributed by atoms with van der Waals surface area (Å²) >= 11 is 2.79. The van der Waals surface area contributed by atoms with Crippen molar-refractivity contribution in [3.63, 3.8) is 0 Å². The van der Waals surface area contributed by atoms with Crippen LogP contribution in [0.5, 0.6) is 0 Å². The summed E-state index contributed by atoms with van der Waals surface area (Å²) in [7, 11) is 0. The Balaban J connectivity index is 1.44. The van der Waals surface area contributed by atoms with E-state index in [9.17, 15) is 14.4 Å². The third kappa shape index (κ3) is 4.55. The molecule has 2 aliphatic rings. The molecule has 5 rings (SSSR count). The van der Waals surface area contributed by atoms with Crippen LogP contribution in [0.2, 0.25) is 0 Å². The van der Waals surface area contributed by atoms with Crippen LogP contribution in [0.15, 0.2) is 21.6 Å². The molecule has 1 fully saturated rings. The fourth-order valence-electron chi connectivity index (χ4n) is 4.43. The molecule has 0 unspecified atom stereocenters. The molecule has 0 aromatic carbocycles. The monoisotopic (exact) mass is 512 g/mol. The van der Waals surface area contributed by atoms with E-state index in [-0.39, 0.29) is 35.5 Å². The van der Waals surface area contributed by atoms with E-state index >= 15 is 0 Å². The third-order valence-corrected chi connectivity index (χ3v) is 8.13. The molecule has 4 heterocycles. The Morgan fingerprint density at radius 3 is 2.80 bits per heavy atom. The van der Waals surface area contributed by atoms with Gasteiger partial charge in [-0.2, -0.15) is 0 Å². The highest BCUT2D eigenvalue weighted by Gasteiger charge is 2.53. The normalized spacial score (nSPS) is 16.3. The Kier molecular flexibility index (Phi) is 6.32. The number of aromatic nitrogens is 3. The van der Waals surface area contributed by atoms with Gasteiger partial charge in [-0.05, 0) is 44.6 Å². The number of carbonyl (C=O) groups is 2. The van der Waals surface area contributed by atoms with Crippen molar-refractivity contribution < 1.29 is 9.59 Å². The van der Waals surface area contributed by atoms with E-state index in [4.69, 9.17) is 10.7 Å². The van der Waals surface area contributed by atoms with Crippen LogP contribution in [0.3, 0.4) is 0 Å².